The maximum atomic E-state index is 12.9. The zero-order chi connectivity index (χ0) is 17.1. The minimum Gasteiger partial charge on any atom is -0.328 e. The Hall–Kier alpha value is -2.65. The van der Waals surface area contributed by atoms with Crippen molar-refractivity contribution in [2.45, 2.75) is 12.5 Å². The van der Waals surface area contributed by atoms with Crippen LogP contribution in [0.1, 0.15) is 27.6 Å². The zero-order valence-corrected chi connectivity index (χ0v) is 14.7. The van der Waals surface area contributed by atoms with Crippen molar-refractivity contribution in [1.82, 2.24) is 4.90 Å². The van der Waals surface area contributed by atoms with Crippen LogP contribution in [0.5, 0.6) is 0 Å². The smallest absolute Gasteiger partial charge is 0.247 e. The Kier molecular flexibility index (Phi) is 4.49. The first kappa shape index (κ1) is 15.9. The number of nitrogens with zero attached hydrogens (tertiary/aromatic N) is 1. The molecule has 25 heavy (non-hydrogen) atoms. The highest BCUT2D eigenvalue weighted by atomic mass is 32.1. The van der Waals surface area contributed by atoms with Gasteiger partial charge in [-0.05, 0) is 40.6 Å². The van der Waals surface area contributed by atoms with E-state index in [4.69, 9.17) is 0 Å². The standard InChI is InChI=1S/C22H19NOS/c24-21(12-11-17-7-3-1-4-8-17)23-15-13-20-19(14-16-25-20)22(23)18-9-5-2-6-10-18/h1-12,14,16,22H,13,15H2/b12-11+. The lowest BCUT2D eigenvalue weighted by molar-refractivity contribution is -0.127. The molecule has 0 aliphatic carbocycles. The van der Waals surface area contributed by atoms with Crippen LogP contribution < -0.4 is 0 Å². The summed E-state index contributed by atoms with van der Waals surface area (Å²) >= 11 is 1.79. The van der Waals surface area contributed by atoms with Gasteiger partial charge in [0.15, 0.2) is 0 Å². The van der Waals surface area contributed by atoms with E-state index in [9.17, 15) is 4.79 Å². The zero-order valence-electron chi connectivity index (χ0n) is 13.8. The monoisotopic (exact) mass is 345 g/mol. The number of fused-ring (bicyclic) bond motifs is 1. The molecular formula is C22H19NOS. The van der Waals surface area contributed by atoms with E-state index in [-0.39, 0.29) is 11.9 Å². The van der Waals surface area contributed by atoms with Gasteiger partial charge in [0, 0.05) is 17.5 Å². The number of hydrogen-bond acceptors (Lipinski definition) is 2. The Morgan fingerprint density at radius 3 is 2.48 bits per heavy atom. The normalized spacial score (nSPS) is 16.8. The van der Waals surface area contributed by atoms with Crippen molar-refractivity contribution in [2.24, 2.45) is 0 Å². The largest absolute Gasteiger partial charge is 0.328 e. The average Bonchev–Trinajstić information content (AvgIpc) is 3.15. The van der Waals surface area contributed by atoms with Crippen LogP contribution in [0.25, 0.3) is 6.08 Å². The summed E-state index contributed by atoms with van der Waals surface area (Å²) in [5, 5.41) is 2.13. The van der Waals surface area contributed by atoms with Crippen LogP contribution >= 0.6 is 11.3 Å². The number of thiophene rings is 1. The molecule has 1 aromatic heterocycles. The molecule has 1 unspecified atom stereocenters. The Labute approximate surface area is 152 Å². The molecule has 3 heteroatoms. The molecule has 0 N–H and O–H groups in total. The highest BCUT2D eigenvalue weighted by Gasteiger charge is 2.31. The summed E-state index contributed by atoms with van der Waals surface area (Å²) in [6.45, 7) is 0.755. The number of benzene rings is 2. The van der Waals surface area contributed by atoms with Gasteiger partial charge in [0.25, 0.3) is 0 Å². The molecule has 4 rings (SSSR count). The Balaban J connectivity index is 1.66. The van der Waals surface area contributed by atoms with Gasteiger partial charge >= 0.3 is 0 Å². The van der Waals surface area contributed by atoms with E-state index in [1.165, 1.54) is 16.0 Å². The van der Waals surface area contributed by atoms with Crippen molar-refractivity contribution < 1.29 is 4.79 Å². The lowest BCUT2D eigenvalue weighted by Crippen LogP contribution is -2.39. The molecule has 2 heterocycles. The number of amides is 1. The van der Waals surface area contributed by atoms with Gasteiger partial charge in [-0.3, -0.25) is 4.79 Å². The minimum absolute atomic E-state index is 0.00382. The number of rotatable bonds is 3. The number of hydrogen-bond donors (Lipinski definition) is 0. The van der Waals surface area contributed by atoms with E-state index >= 15 is 0 Å². The van der Waals surface area contributed by atoms with Gasteiger partial charge in [-0.1, -0.05) is 60.7 Å². The third-order valence-corrected chi connectivity index (χ3v) is 5.58. The summed E-state index contributed by atoms with van der Waals surface area (Å²) in [6, 6.07) is 22.4. The molecule has 0 spiro atoms. The number of carbonyl (C=O) groups excluding carboxylic acids is 1. The van der Waals surface area contributed by atoms with Crippen LogP contribution in [-0.4, -0.2) is 17.4 Å². The lowest BCUT2D eigenvalue weighted by atomic mass is 9.93. The van der Waals surface area contributed by atoms with Gasteiger partial charge in [0.1, 0.15) is 0 Å². The second-order valence-corrected chi connectivity index (χ2v) is 7.14. The molecule has 0 fully saturated rings. The van der Waals surface area contributed by atoms with Gasteiger partial charge in [-0.25, -0.2) is 0 Å². The van der Waals surface area contributed by atoms with Gasteiger partial charge < -0.3 is 4.90 Å². The Morgan fingerprint density at radius 2 is 1.72 bits per heavy atom. The van der Waals surface area contributed by atoms with Crippen LogP contribution in [0, 0.1) is 0 Å². The van der Waals surface area contributed by atoms with Gasteiger partial charge in [0.2, 0.25) is 5.91 Å². The van der Waals surface area contributed by atoms with Crippen LogP contribution in [0.2, 0.25) is 0 Å². The van der Waals surface area contributed by atoms with Crippen LogP contribution in [-0.2, 0) is 11.2 Å². The van der Waals surface area contributed by atoms with E-state index < -0.39 is 0 Å². The molecule has 0 saturated heterocycles. The van der Waals surface area contributed by atoms with Gasteiger partial charge in [0.05, 0.1) is 6.04 Å². The highest BCUT2D eigenvalue weighted by Crippen LogP contribution is 2.37. The molecular weight excluding hydrogens is 326 g/mol. The first-order valence-electron chi connectivity index (χ1n) is 8.48. The predicted molar refractivity (Wildman–Crippen MR) is 103 cm³/mol. The second-order valence-electron chi connectivity index (χ2n) is 6.14. The van der Waals surface area contributed by atoms with E-state index in [0.717, 1.165) is 18.5 Å². The summed E-state index contributed by atoms with van der Waals surface area (Å²) < 4.78 is 0. The summed E-state index contributed by atoms with van der Waals surface area (Å²) in [4.78, 5) is 16.3. The molecule has 2 aromatic carbocycles. The lowest BCUT2D eigenvalue weighted by Gasteiger charge is -2.35. The fourth-order valence-corrected chi connectivity index (χ4v) is 4.28. The first-order chi connectivity index (χ1) is 12.3. The molecule has 0 radical (unpaired) electrons. The third-order valence-electron chi connectivity index (χ3n) is 4.58. The predicted octanol–water partition coefficient (Wildman–Crippen LogP) is 4.94. The van der Waals surface area contributed by atoms with Crippen molar-refractivity contribution in [3.8, 4) is 0 Å². The van der Waals surface area contributed by atoms with Crippen molar-refractivity contribution in [1.29, 1.82) is 0 Å². The molecule has 1 atom stereocenters. The van der Waals surface area contributed by atoms with Gasteiger partial charge in [-0.15, -0.1) is 11.3 Å². The average molecular weight is 345 g/mol. The van der Waals surface area contributed by atoms with Crippen molar-refractivity contribution in [3.05, 3.63) is 99.8 Å². The van der Waals surface area contributed by atoms with Crippen LogP contribution in [0.4, 0.5) is 0 Å². The molecule has 124 valence electrons. The quantitative estimate of drug-likeness (QED) is 0.616. The fraction of sp³-hybridized carbons (Fsp3) is 0.136. The van der Waals surface area contributed by atoms with E-state index in [2.05, 4.69) is 23.6 Å². The topological polar surface area (TPSA) is 20.3 Å². The maximum absolute atomic E-state index is 12.9. The number of carbonyl (C=O) groups is 1. The minimum atomic E-state index is 0.00382. The SMILES string of the molecule is O=C(/C=C/c1ccccc1)N1CCc2sccc2C1c1ccccc1. The summed E-state index contributed by atoms with van der Waals surface area (Å²) in [7, 11) is 0. The molecule has 0 bridgehead atoms. The molecule has 1 amide bonds. The highest BCUT2D eigenvalue weighted by molar-refractivity contribution is 7.10. The van der Waals surface area contributed by atoms with Crippen LogP contribution in [0.15, 0.2) is 78.2 Å². The maximum Gasteiger partial charge on any atom is 0.247 e. The Bertz CT molecular complexity index is 883. The Morgan fingerprint density at radius 1 is 1.00 bits per heavy atom. The van der Waals surface area contributed by atoms with Crippen molar-refractivity contribution >= 4 is 23.3 Å². The third kappa shape index (κ3) is 3.28. The summed E-state index contributed by atoms with van der Waals surface area (Å²) in [6.07, 6.45) is 4.53. The molecule has 0 saturated carbocycles. The first-order valence-corrected chi connectivity index (χ1v) is 9.36. The molecule has 2 nitrogen and oxygen atoms in total. The van der Waals surface area contributed by atoms with Crippen molar-refractivity contribution in [2.75, 3.05) is 6.54 Å². The van der Waals surface area contributed by atoms with E-state index in [0.29, 0.717) is 0 Å². The second kappa shape index (κ2) is 7.08. The molecule has 1 aliphatic rings. The summed E-state index contributed by atoms with van der Waals surface area (Å²) in [5.41, 5.74) is 3.48. The fourth-order valence-electron chi connectivity index (χ4n) is 3.38. The molecule has 1 aliphatic heterocycles. The molecule has 3 aromatic rings. The van der Waals surface area contributed by atoms with Crippen LogP contribution in [0.3, 0.4) is 0 Å². The van der Waals surface area contributed by atoms with E-state index in [1.807, 2.05) is 59.5 Å². The summed E-state index contributed by atoms with van der Waals surface area (Å²) in [5.74, 6) is 0.0644. The van der Waals surface area contributed by atoms with E-state index in [1.54, 1.807) is 17.4 Å². The van der Waals surface area contributed by atoms with Crippen molar-refractivity contribution in [3.63, 3.8) is 0 Å². The van der Waals surface area contributed by atoms with Gasteiger partial charge in [-0.2, -0.15) is 0 Å².